The molecule has 0 saturated heterocycles. The van der Waals surface area contributed by atoms with Gasteiger partial charge in [-0.05, 0) is 37.1 Å². The van der Waals surface area contributed by atoms with Crippen molar-refractivity contribution in [3.05, 3.63) is 83.3 Å². The van der Waals surface area contributed by atoms with Crippen LogP contribution >= 0.6 is 0 Å². The molecule has 120 valence electrons. The molecule has 2 heteroatoms. The molecule has 2 aromatic heterocycles. The van der Waals surface area contributed by atoms with Gasteiger partial charge < -0.3 is 0 Å². The summed E-state index contributed by atoms with van der Waals surface area (Å²) in [6.45, 7) is 0. The molecule has 0 bridgehead atoms. The summed E-state index contributed by atoms with van der Waals surface area (Å²) in [5.41, 5.74) is 8.88. The lowest BCUT2D eigenvalue weighted by Crippen LogP contribution is -2.78. The fourth-order valence-corrected chi connectivity index (χ4v) is 6.60. The highest BCUT2D eigenvalue weighted by molar-refractivity contribution is 5.66. The minimum atomic E-state index is -0.0200. The number of hydrogen-bond acceptors (Lipinski definition) is 0. The third-order valence-corrected chi connectivity index (χ3v) is 7.23. The lowest BCUT2D eigenvalue weighted by molar-refractivity contribution is -0.988. The number of benzene rings is 1. The second-order valence-electron chi connectivity index (χ2n) is 8.11. The summed E-state index contributed by atoms with van der Waals surface area (Å²) < 4.78 is 5.45. The maximum absolute atomic E-state index is 2.74. The number of hydrogen-bond donors (Lipinski definition) is 0. The largest absolute Gasteiger partial charge is 0.393 e. The van der Waals surface area contributed by atoms with Crippen molar-refractivity contribution in [3.8, 4) is 11.3 Å². The molecule has 1 aromatic carbocycles. The molecular weight excluding hydrogens is 304 g/mol. The van der Waals surface area contributed by atoms with Gasteiger partial charge in [-0.2, -0.15) is 0 Å². The van der Waals surface area contributed by atoms with Crippen molar-refractivity contribution in [3.63, 3.8) is 0 Å². The van der Waals surface area contributed by atoms with Gasteiger partial charge in [0, 0.05) is 24.3 Å². The van der Waals surface area contributed by atoms with E-state index in [1.807, 2.05) is 0 Å². The third kappa shape index (κ3) is 1.20. The molecule has 2 nitrogen and oxygen atoms in total. The second kappa shape index (κ2) is 4.01. The summed E-state index contributed by atoms with van der Waals surface area (Å²) in [5.74, 6) is 1.39. The van der Waals surface area contributed by atoms with Crippen molar-refractivity contribution in [2.45, 2.75) is 37.3 Å². The van der Waals surface area contributed by atoms with E-state index in [1.165, 1.54) is 47.5 Å². The van der Waals surface area contributed by atoms with Gasteiger partial charge in [-0.1, -0.05) is 18.6 Å². The van der Waals surface area contributed by atoms with Gasteiger partial charge in [0.1, 0.15) is 17.9 Å². The van der Waals surface area contributed by atoms with Crippen LogP contribution in [0, 0.1) is 5.92 Å². The molecule has 3 atom stereocenters. The van der Waals surface area contributed by atoms with Crippen LogP contribution in [0.4, 0.5) is 0 Å². The highest BCUT2D eigenvalue weighted by Crippen LogP contribution is 2.56. The monoisotopic (exact) mass is 324 g/mol. The van der Waals surface area contributed by atoms with Crippen molar-refractivity contribution >= 4 is 0 Å². The van der Waals surface area contributed by atoms with Gasteiger partial charge in [0.05, 0.1) is 11.5 Å². The quantitative estimate of drug-likeness (QED) is 0.561. The minimum absolute atomic E-state index is 0.0200. The third-order valence-electron chi connectivity index (χ3n) is 7.23. The smallest absolute Gasteiger partial charge is 0.131 e. The number of nitrogens with zero attached hydrogens (tertiary/aromatic N) is 2. The Morgan fingerprint density at radius 1 is 0.800 bits per heavy atom. The topological polar surface area (TPSA) is 7.76 Å². The van der Waals surface area contributed by atoms with Crippen LogP contribution < -0.4 is 9.13 Å². The lowest BCUT2D eigenvalue weighted by atomic mass is 9.81. The molecule has 25 heavy (non-hydrogen) atoms. The van der Waals surface area contributed by atoms with E-state index >= 15 is 0 Å². The summed E-state index contributed by atoms with van der Waals surface area (Å²) in [4.78, 5) is 0. The summed E-state index contributed by atoms with van der Waals surface area (Å²) in [5, 5.41) is 0. The van der Waals surface area contributed by atoms with Gasteiger partial charge in [0.25, 0.3) is 0 Å². The second-order valence-corrected chi connectivity index (χ2v) is 8.11. The van der Waals surface area contributed by atoms with Crippen LogP contribution in [0.25, 0.3) is 11.3 Å². The molecule has 1 saturated carbocycles. The number of aromatic nitrogens is 2. The standard InChI is InChI=1S/C23H20N2/c1-2-10-19-17(8-1)21-12-3-6-15-14-16-7-4-13-22-18-9-5-11-20(18)23(19,24(15)21)25(16)22/h1-4,6-8,10,12-13,18,20H,5,9,11,14H2/q+2. The summed E-state index contributed by atoms with van der Waals surface area (Å²) in [6, 6.07) is 23.1. The zero-order valence-corrected chi connectivity index (χ0v) is 14.2. The minimum Gasteiger partial charge on any atom is -0.131 e. The summed E-state index contributed by atoms with van der Waals surface area (Å²) in [6.07, 6.45) is 5.08. The van der Waals surface area contributed by atoms with Crippen molar-refractivity contribution < 1.29 is 9.13 Å². The van der Waals surface area contributed by atoms with Crippen LogP contribution in [0.5, 0.6) is 0 Å². The molecule has 3 aliphatic heterocycles. The highest BCUT2D eigenvalue weighted by Gasteiger charge is 2.75. The molecule has 0 radical (unpaired) electrons. The van der Waals surface area contributed by atoms with E-state index in [0.717, 1.165) is 6.42 Å². The Labute approximate surface area is 147 Å². The molecule has 3 unspecified atom stereocenters. The first-order valence-corrected chi connectivity index (χ1v) is 9.59. The Hall–Kier alpha value is -2.48. The zero-order chi connectivity index (χ0) is 16.2. The van der Waals surface area contributed by atoms with Gasteiger partial charge in [0.2, 0.25) is 5.69 Å². The van der Waals surface area contributed by atoms with E-state index in [0.29, 0.717) is 11.8 Å². The van der Waals surface area contributed by atoms with Gasteiger partial charge in [-0.15, -0.1) is 9.13 Å². The van der Waals surface area contributed by atoms with Crippen LogP contribution in [0.2, 0.25) is 0 Å². The molecule has 0 amide bonds. The predicted octanol–water partition coefficient (Wildman–Crippen LogP) is 3.29. The van der Waals surface area contributed by atoms with Crippen molar-refractivity contribution in [2.75, 3.05) is 0 Å². The maximum Gasteiger partial charge on any atom is 0.393 e. The van der Waals surface area contributed by atoms with Crippen molar-refractivity contribution in [1.82, 2.24) is 0 Å². The van der Waals surface area contributed by atoms with E-state index in [-0.39, 0.29) is 5.66 Å². The molecular formula is C23H20N2+2. The molecule has 3 aromatic rings. The van der Waals surface area contributed by atoms with E-state index in [1.54, 1.807) is 5.69 Å². The molecule has 0 N–H and O–H groups in total. The average molecular weight is 324 g/mol. The van der Waals surface area contributed by atoms with E-state index in [2.05, 4.69) is 69.8 Å². The van der Waals surface area contributed by atoms with Gasteiger partial charge in [-0.25, -0.2) is 0 Å². The fraction of sp³-hybridized carbons (Fsp3) is 0.304. The number of fused-ring (bicyclic) bond motifs is 4. The van der Waals surface area contributed by atoms with Crippen molar-refractivity contribution in [2.24, 2.45) is 5.92 Å². The van der Waals surface area contributed by atoms with Crippen LogP contribution in [0.1, 0.15) is 47.8 Å². The number of rotatable bonds is 0. The van der Waals surface area contributed by atoms with E-state index in [9.17, 15) is 0 Å². The highest BCUT2D eigenvalue weighted by atomic mass is 15.3. The Bertz CT molecular complexity index is 1080. The SMILES string of the molecule is c1ccc2c(c1)-c1cccc3[n+]1C21C2CCCC2c2cccc([n+]21)C3. The number of pyridine rings is 2. The Balaban J connectivity index is 1.74. The first-order chi connectivity index (χ1) is 12.4. The zero-order valence-electron chi connectivity index (χ0n) is 14.2. The normalized spacial score (nSPS) is 29.1. The molecule has 7 rings (SSSR count). The lowest BCUT2D eigenvalue weighted by Gasteiger charge is -2.27. The first-order valence-electron chi connectivity index (χ1n) is 9.59. The van der Waals surface area contributed by atoms with Gasteiger partial charge in [-0.3, -0.25) is 0 Å². The predicted molar refractivity (Wildman–Crippen MR) is 94.1 cm³/mol. The molecule has 1 spiro atoms. The molecule has 1 aliphatic carbocycles. The first kappa shape index (κ1) is 12.8. The van der Waals surface area contributed by atoms with Gasteiger partial charge >= 0.3 is 5.66 Å². The fourth-order valence-electron chi connectivity index (χ4n) is 6.60. The van der Waals surface area contributed by atoms with Crippen LogP contribution in [-0.2, 0) is 12.1 Å². The molecule has 4 aliphatic rings. The Morgan fingerprint density at radius 2 is 1.64 bits per heavy atom. The Kier molecular flexibility index (Phi) is 2.06. The van der Waals surface area contributed by atoms with Crippen molar-refractivity contribution in [1.29, 1.82) is 0 Å². The summed E-state index contributed by atoms with van der Waals surface area (Å²) in [7, 11) is 0. The molecule has 5 heterocycles. The van der Waals surface area contributed by atoms with E-state index < -0.39 is 0 Å². The van der Waals surface area contributed by atoms with Crippen LogP contribution in [0.15, 0.2) is 60.7 Å². The van der Waals surface area contributed by atoms with Gasteiger partial charge in [0.15, 0.2) is 17.1 Å². The summed E-state index contributed by atoms with van der Waals surface area (Å²) >= 11 is 0. The van der Waals surface area contributed by atoms with Crippen LogP contribution in [-0.4, -0.2) is 0 Å². The van der Waals surface area contributed by atoms with E-state index in [4.69, 9.17) is 0 Å². The molecule has 1 fully saturated rings. The average Bonchev–Trinajstić information content (AvgIpc) is 3.31. The maximum atomic E-state index is 2.74. The van der Waals surface area contributed by atoms with Crippen LogP contribution in [0.3, 0.4) is 0 Å². The Morgan fingerprint density at radius 3 is 2.60 bits per heavy atom.